The number of fused-ring (bicyclic) bond motifs is 1. The maximum atomic E-state index is 12.4. The van der Waals surface area contributed by atoms with E-state index < -0.39 is 0 Å². The molecule has 182 valence electrons. The molecule has 1 atom stereocenters. The van der Waals surface area contributed by atoms with Gasteiger partial charge in [0.25, 0.3) is 5.91 Å². The number of amides is 1. The van der Waals surface area contributed by atoms with Crippen molar-refractivity contribution in [1.82, 2.24) is 4.98 Å². The van der Waals surface area contributed by atoms with Crippen molar-refractivity contribution in [3.8, 4) is 11.5 Å². The summed E-state index contributed by atoms with van der Waals surface area (Å²) in [5.74, 6) is 1.50. The van der Waals surface area contributed by atoms with Gasteiger partial charge in [0.15, 0.2) is 0 Å². The first-order chi connectivity index (χ1) is 16.8. The van der Waals surface area contributed by atoms with Crippen LogP contribution in [0.2, 0.25) is 0 Å². The molecule has 1 unspecified atom stereocenters. The van der Waals surface area contributed by atoms with E-state index in [9.17, 15) is 4.79 Å². The second-order valence-corrected chi connectivity index (χ2v) is 8.42. The Morgan fingerprint density at radius 3 is 2.51 bits per heavy atom. The van der Waals surface area contributed by atoms with Crippen molar-refractivity contribution >= 4 is 28.8 Å². The number of hydrogen-bond acceptors (Lipinski definition) is 8. The molecule has 5 N–H and O–H groups in total. The molecule has 0 saturated carbocycles. The quantitative estimate of drug-likeness (QED) is 0.362. The second kappa shape index (κ2) is 9.92. The average Bonchev–Trinajstić information content (AvgIpc) is 2.86. The molecule has 0 spiro atoms. The number of carbonyl (C=O) groups excluding carboxylic acids is 1. The highest BCUT2D eigenvalue weighted by atomic mass is 16.6. The normalized spacial score (nSPS) is 15.8. The van der Waals surface area contributed by atoms with E-state index in [4.69, 9.17) is 25.8 Å². The van der Waals surface area contributed by atoms with Crippen LogP contribution in [0.15, 0.2) is 47.8 Å². The Morgan fingerprint density at radius 1 is 1.11 bits per heavy atom. The number of nitrogens with one attached hydrogen (secondary N) is 1. The van der Waals surface area contributed by atoms with Gasteiger partial charge in [0, 0.05) is 29.6 Å². The predicted molar refractivity (Wildman–Crippen MR) is 136 cm³/mol. The lowest BCUT2D eigenvalue weighted by Gasteiger charge is -2.30. The molecule has 1 aliphatic heterocycles. The predicted octanol–water partition coefficient (Wildman–Crippen LogP) is 4.00. The second-order valence-electron chi connectivity index (χ2n) is 8.42. The zero-order valence-electron chi connectivity index (χ0n) is 20.2. The number of anilines is 3. The first-order valence-corrected chi connectivity index (χ1v) is 11.2. The fourth-order valence-electron chi connectivity index (χ4n) is 4.02. The first-order valence-electron chi connectivity index (χ1n) is 11.2. The molecule has 35 heavy (non-hydrogen) atoms. The molecule has 9 heteroatoms. The largest absolute Gasteiger partial charge is 0.490 e. The lowest BCUT2D eigenvalue weighted by Crippen LogP contribution is -2.34. The third-order valence-corrected chi connectivity index (χ3v) is 6.11. The summed E-state index contributed by atoms with van der Waals surface area (Å²) >= 11 is 0. The van der Waals surface area contributed by atoms with Gasteiger partial charge in [0.1, 0.15) is 37.1 Å². The van der Waals surface area contributed by atoms with Crippen LogP contribution in [0.1, 0.15) is 39.0 Å². The number of hydrogen-bond donors (Lipinski definition) is 3. The van der Waals surface area contributed by atoms with Crippen molar-refractivity contribution in [3.63, 3.8) is 0 Å². The molecule has 0 aliphatic carbocycles. The minimum Gasteiger partial charge on any atom is -0.490 e. The minimum atomic E-state index is -0.271. The Balaban J connectivity index is 1.43. The Bertz CT molecular complexity index is 1270. The van der Waals surface area contributed by atoms with Gasteiger partial charge in [-0.15, -0.1) is 0 Å². The molecule has 0 saturated heterocycles. The summed E-state index contributed by atoms with van der Waals surface area (Å²) in [5.41, 5.74) is 18.2. The molecule has 1 amide bonds. The fraction of sp³-hybridized carbons (Fsp3) is 0.269. The zero-order chi connectivity index (χ0) is 25.1. The number of oxime groups is 1. The molecular weight excluding hydrogens is 446 g/mol. The molecule has 3 aromatic rings. The molecule has 0 fully saturated rings. The maximum Gasteiger partial charge on any atom is 0.257 e. The number of rotatable bonds is 6. The molecule has 4 rings (SSSR count). The lowest BCUT2D eigenvalue weighted by atomic mass is 9.90. The van der Waals surface area contributed by atoms with E-state index in [0.717, 1.165) is 39.4 Å². The number of carbonyl (C=O) groups is 1. The SMILES string of the molecule is CON=C1CC(COc2ccc(NC(=O)c3ccc(N)nc3)cc2)Oc2c(C)c(C)c(N)c(C)c21. The van der Waals surface area contributed by atoms with Crippen LogP contribution >= 0.6 is 0 Å². The van der Waals surface area contributed by atoms with E-state index in [1.165, 1.54) is 13.3 Å². The van der Waals surface area contributed by atoms with Crippen molar-refractivity contribution < 1.29 is 19.1 Å². The van der Waals surface area contributed by atoms with E-state index in [1.807, 2.05) is 20.8 Å². The molecule has 0 radical (unpaired) electrons. The molecule has 2 heterocycles. The summed E-state index contributed by atoms with van der Waals surface area (Å²) < 4.78 is 12.3. The summed E-state index contributed by atoms with van der Waals surface area (Å²) in [6.07, 6.45) is 1.70. The summed E-state index contributed by atoms with van der Waals surface area (Å²) in [4.78, 5) is 21.4. The van der Waals surface area contributed by atoms with Gasteiger partial charge < -0.3 is 31.1 Å². The van der Waals surface area contributed by atoms with Crippen molar-refractivity contribution in [2.24, 2.45) is 5.16 Å². The monoisotopic (exact) mass is 475 g/mol. The highest BCUT2D eigenvalue weighted by Crippen LogP contribution is 2.39. The number of pyridine rings is 1. The Morgan fingerprint density at radius 2 is 1.86 bits per heavy atom. The third-order valence-electron chi connectivity index (χ3n) is 6.11. The van der Waals surface area contributed by atoms with Crippen molar-refractivity contribution in [1.29, 1.82) is 0 Å². The Labute approximate surface area is 204 Å². The van der Waals surface area contributed by atoms with E-state index in [1.54, 1.807) is 36.4 Å². The topological polar surface area (TPSA) is 134 Å². The molecule has 0 bridgehead atoms. The van der Waals surface area contributed by atoms with Crippen LogP contribution in [0.25, 0.3) is 0 Å². The van der Waals surface area contributed by atoms with E-state index in [-0.39, 0.29) is 12.0 Å². The number of aromatic nitrogens is 1. The van der Waals surface area contributed by atoms with Crippen LogP contribution < -0.4 is 26.3 Å². The van der Waals surface area contributed by atoms with Crippen LogP contribution in [-0.4, -0.2) is 36.4 Å². The van der Waals surface area contributed by atoms with Gasteiger partial charge in [-0.05, 0) is 73.9 Å². The average molecular weight is 476 g/mol. The van der Waals surface area contributed by atoms with Gasteiger partial charge in [-0.1, -0.05) is 5.16 Å². The summed E-state index contributed by atoms with van der Waals surface area (Å²) in [6, 6.07) is 10.3. The number of ether oxygens (including phenoxy) is 2. The van der Waals surface area contributed by atoms with Crippen molar-refractivity contribution in [3.05, 3.63) is 70.4 Å². The molecular formula is C26H29N5O4. The van der Waals surface area contributed by atoms with Crippen molar-refractivity contribution in [2.75, 3.05) is 30.5 Å². The number of nitrogen functional groups attached to an aromatic ring is 2. The summed E-state index contributed by atoms with van der Waals surface area (Å²) in [5, 5.41) is 7.07. The summed E-state index contributed by atoms with van der Waals surface area (Å²) in [6.45, 7) is 6.26. The van der Waals surface area contributed by atoms with E-state index in [2.05, 4.69) is 15.5 Å². The van der Waals surface area contributed by atoms with Crippen LogP contribution in [0.5, 0.6) is 11.5 Å². The number of benzene rings is 2. The minimum absolute atomic E-state index is 0.255. The zero-order valence-corrected chi connectivity index (χ0v) is 20.2. The fourth-order valence-corrected chi connectivity index (χ4v) is 4.02. The van der Waals surface area contributed by atoms with Crippen molar-refractivity contribution in [2.45, 2.75) is 33.3 Å². The van der Waals surface area contributed by atoms with Crippen LogP contribution in [0.4, 0.5) is 17.2 Å². The Hall–Kier alpha value is -4.27. The standard InChI is InChI=1S/C26H29N5O4/c1-14-15(2)25-23(16(3)24(14)28)21(31-33-4)11-20(35-25)13-34-19-8-6-18(7-9-19)30-26(32)17-5-10-22(27)29-12-17/h5-10,12,20H,11,13,28H2,1-4H3,(H2,27,29)(H,30,32). The van der Waals surface area contributed by atoms with Gasteiger partial charge in [-0.3, -0.25) is 4.79 Å². The lowest BCUT2D eigenvalue weighted by molar-refractivity contribution is 0.102. The van der Waals surface area contributed by atoms with Gasteiger partial charge in [0.05, 0.1) is 11.3 Å². The molecule has 2 aromatic carbocycles. The van der Waals surface area contributed by atoms with E-state index in [0.29, 0.717) is 35.8 Å². The van der Waals surface area contributed by atoms with E-state index >= 15 is 0 Å². The van der Waals surface area contributed by atoms with Gasteiger partial charge in [0.2, 0.25) is 0 Å². The smallest absolute Gasteiger partial charge is 0.257 e. The maximum absolute atomic E-state index is 12.4. The highest BCUT2D eigenvalue weighted by molar-refractivity contribution is 6.07. The molecule has 9 nitrogen and oxygen atoms in total. The molecule has 1 aromatic heterocycles. The summed E-state index contributed by atoms with van der Waals surface area (Å²) in [7, 11) is 1.53. The van der Waals surface area contributed by atoms with Crippen LogP contribution in [0.3, 0.4) is 0 Å². The van der Waals surface area contributed by atoms with Crippen LogP contribution in [0, 0.1) is 20.8 Å². The number of nitrogens with zero attached hydrogens (tertiary/aromatic N) is 2. The molecule has 1 aliphatic rings. The Kier molecular flexibility index (Phi) is 6.77. The van der Waals surface area contributed by atoms with Gasteiger partial charge >= 0.3 is 0 Å². The highest BCUT2D eigenvalue weighted by Gasteiger charge is 2.31. The first kappa shape index (κ1) is 23.9. The number of nitrogens with two attached hydrogens (primary N) is 2. The van der Waals surface area contributed by atoms with Gasteiger partial charge in [-0.25, -0.2) is 4.98 Å². The van der Waals surface area contributed by atoms with Crippen LogP contribution in [-0.2, 0) is 4.84 Å². The van der Waals surface area contributed by atoms with Gasteiger partial charge in [-0.2, -0.15) is 0 Å². The third kappa shape index (κ3) is 4.98.